The Bertz CT molecular complexity index is 1670. The summed E-state index contributed by atoms with van der Waals surface area (Å²) in [6, 6.07) is 15.8. The maximum Gasteiger partial charge on any atom is 0.329 e. The average molecular weight is 578 g/mol. The lowest BCUT2D eigenvalue weighted by atomic mass is 10.1. The summed E-state index contributed by atoms with van der Waals surface area (Å²) in [5.74, 6) is 0.172. The van der Waals surface area contributed by atoms with Crippen molar-refractivity contribution in [2.45, 2.75) is 4.90 Å². The molecule has 2 aromatic carbocycles. The molecule has 2 saturated heterocycles. The van der Waals surface area contributed by atoms with Crippen LogP contribution in [0.25, 0.3) is 21.8 Å². The zero-order chi connectivity index (χ0) is 27.9. The standard InChI is InChI=1S/C27H27N7O4S2/c1-40(36,37)21-7-5-19(6-8-21)33-11-12-34(27(33)35)20-4-2-3-18(17-20)24-23(22-9-10-29-25(28)30-22)31-26(39-24)32-13-15-38-16-14-32/h2-10,17H,11-16H2,1H3,(H2,28,29,30). The van der Waals surface area contributed by atoms with E-state index in [1.807, 2.05) is 24.3 Å². The number of anilines is 4. The van der Waals surface area contributed by atoms with E-state index < -0.39 is 9.84 Å². The predicted octanol–water partition coefficient (Wildman–Crippen LogP) is 3.54. The summed E-state index contributed by atoms with van der Waals surface area (Å²) >= 11 is 1.57. The summed E-state index contributed by atoms with van der Waals surface area (Å²) in [7, 11) is -3.32. The van der Waals surface area contributed by atoms with Crippen LogP contribution in [0, 0.1) is 0 Å². The molecule has 0 unspecified atom stereocenters. The van der Waals surface area contributed by atoms with Crippen LogP contribution in [0.2, 0.25) is 0 Å². The van der Waals surface area contributed by atoms with Crippen molar-refractivity contribution in [3.8, 4) is 21.8 Å². The Morgan fingerprint density at radius 3 is 2.35 bits per heavy atom. The van der Waals surface area contributed by atoms with E-state index in [4.69, 9.17) is 15.5 Å². The van der Waals surface area contributed by atoms with Crippen molar-refractivity contribution in [3.05, 3.63) is 60.8 Å². The number of ether oxygens (including phenoxy) is 1. The van der Waals surface area contributed by atoms with Gasteiger partial charge in [-0.1, -0.05) is 23.5 Å². The number of carbonyl (C=O) groups excluding carboxylic acids is 1. The van der Waals surface area contributed by atoms with Gasteiger partial charge in [0.1, 0.15) is 5.69 Å². The van der Waals surface area contributed by atoms with Gasteiger partial charge in [0, 0.05) is 50.0 Å². The average Bonchev–Trinajstić information content (AvgIpc) is 3.58. The van der Waals surface area contributed by atoms with E-state index >= 15 is 0 Å². The predicted molar refractivity (Wildman–Crippen MR) is 156 cm³/mol. The third-order valence-electron chi connectivity index (χ3n) is 6.82. The van der Waals surface area contributed by atoms with Crippen LogP contribution in [-0.4, -0.2) is 75.0 Å². The van der Waals surface area contributed by atoms with E-state index in [0.29, 0.717) is 43.4 Å². The number of aromatic nitrogens is 3. The number of rotatable bonds is 6. The summed E-state index contributed by atoms with van der Waals surface area (Å²) in [4.78, 5) is 33.6. The zero-order valence-electron chi connectivity index (χ0n) is 21.7. The van der Waals surface area contributed by atoms with Gasteiger partial charge in [0.25, 0.3) is 0 Å². The molecule has 2 aromatic heterocycles. The second-order valence-electron chi connectivity index (χ2n) is 9.48. The van der Waals surface area contributed by atoms with E-state index in [1.54, 1.807) is 45.5 Å². The lowest BCUT2D eigenvalue weighted by Crippen LogP contribution is -2.36. The van der Waals surface area contributed by atoms with E-state index in [1.165, 1.54) is 12.1 Å². The minimum atomic E-state index is -3.32. The van der Waals surface area contributed by atoms with Crippen LogP contribution in [0.15, 0.2) is 65.7 Å². The molecule has 0 aliphatic carbocycles. The monoisotopic (exact) mass is 577 g/mol. The van der Waals surface area contributed by atoms with E-state index in [9.17, 15) is 13.2 Å². The van der Waals surface area contributed by atoms with Gasteiger partial charge in [-0.05, 0) is 48.0 Å². The number of thiazole rings is 1. The van der Waals surface area contributed by atoms with Crippen molar-refractivity contribution in [2.75, 3.05) is 66.1 Å². The Morgan fingerprint density at radius 2 is 1.65 bits per heavy atom. The van der Waals surface area contributed by atoms with Crippen LogP contribution in [0.1, 0.15) is 0 Å². The topological polar surface area (TPSA) is 135 Å². The van der Waals surface area contributed by atoms with Crippen LogP contribution < -0.4 is 20.4 Å². The first-order chi connectivity index (χ1) is 19.3. The number of nitrogens with two attached hydrogens (primary N) is 1. The van der Waals surface area contributed by atoms with Crippen molar-refractivity contribution in [1.29, 1.82) is 0 Å². The molecular formula is C27H27N7O4S2. The molecule has 11 nitrogen and oxygen atoms in total. The van der Waals surface area contributed by atoms with E-state index in [0.717, 1.165) is 40.6 Å². The fourth-order valence-corrected chi connectivity index (χ4v) is 6.53. The second-order valence-corrected chi connectivity index (χ2v) is 12.5. The van der Waals surface area contributed by atoms with Gasteiger partial charge in [0.15, 0.2) is 15.0 Å². The Kier molecular flexibility index (Phi) is 6.86. The molecule has 13 heteroatoms. The van der Waals surface area contributed by atoms with Gasteiger partial charge in [-0.3, -0.25) is 9.80 Å². The first-order valence-electron chi connectivity index (χ1n) is 12.7. The third-order valence-corrected chi connectivity index (χ3v) is 9.11. The zero-order valence-corrected chi connectivity index (χ0v) is 23.4. The maximum absolute atomic E-state index is 13.4. The van der Waals surface area contributed by atoms with Crippen LogP contribution >= 0.6 is 11.3 Å². The maximum atomic E-state index is 13.4. The van der Waals surface area contributed by atoms with Crippen LogP contribution in [0.5, 0.6) is 0 Å². The Balaban J connectivity index is 1.32. The summed E-state index contributed by atoms with van der Waals surface area (Å²) < 4.78 is 29.2. The third kappa shape index (κ3) is 5.10. The molecule has 0 saturated carbocycles. The molecule has 2 aliphatic heterocycles. The highest BCUT2D eigenvalue weighted by Gasteiger charge is 2.31. The van der Waals surface area contributed by atoms with Gasteiger partial charge in [-0.25, -0.2) is 28.2 Å². The number of sulfone groups is 1. The summed E-state index contributed by atoms with van der Waals surface area (Å²) in [5, 5.41) is 0.872. The Morgan fingerprint density at radius 1 is 0.925 bits per heavy atom. The molecule has 2 amide bonds. The number of urea groups is 1. The lowest BCUT2D eigenvalue weighted by Gasteiger charge is -2.26. The van der Waals surface area contributed by atoms with E-state index in [-0.39, 0.29) is 16.9 Å². The molecule has 40 heavy (non-hydrogen) atoms. The molecule has 206 valence electrons. The van der Waals surface area contributed by atoms with E-state index in [2.05, 4.69) is 14.9 Å². The number of amides is 2. The van der Waals surface area contributed by atoms with Gasteiger partial charge in [-0.2, -0.15) is 0 Å². The minimum Gasteiger partial charge on any atom is -0.378 e. The minimum absolute atomic E-state index is 0.172. The molecule has 2 N–H and O–H groups in total. The number of nitrogens with zero attached hydrogens (tertiary/aromatic N) is 6. The smallest absolute Gasteiger partial charge is 0.329 e. The Labute approximate surface area is 235 Å². The van der Waals surface area contributed by atoms with Crippen molar-refractivity contribution in [2.24, 2.45) is 0 Å². The quantitative estimate of drug-likeness (QED) is 0.365. The second kappa shape index (κ2) is 10.5. The number of nitrogen functional groups attached to an aromatic ring is 1. The molecule has 0 atom stereocenters. The summed E-state index contributed by atoms with van der Waals surface area (Å²) in [5.41, 5.74) is 9.55. The summed E-state index contributed by atoms with van der Waals surface area (Å²) in [6.45, 7) is 3.76. The van der Waals surface area contributed by atoms with Gasteiger partial charge in [0.2, 0.25) is 5.95 Å². The number of benzene rings is 2. The fourth-order valence-electron chi connectivity index (χ4n) is 4.78. The van der Waals surface area contributed by atoms with Crippen LogP contribution in [0.3, 0.4) is 0 Å². The van der Waals surface area contributed by atoms with Crippen molar-refractivity contribution < 1.29 is 17.9 Å². The van der Waals surface area contributed by atoms with Crippen LogP contribution in [-0.2, 0) is 14.6 Å². The van der Waals surface area contributed by atoms with Crippen molar-refractivity contribution in [3.63, 3.8) is 0 Å². The van der Waals surface area contributed by atoms with Gasteiger partial charge in [-0.15, -0.1) is 0 Å². The molecule has 0 radical (unpaired) electrons. The highest BCUT2D eigenvalue weighted by molar-refractivity contribution is 7.90. The first-order valence-corrected chi connectivity index (χ1v) is 15.4. The Hall–Kier alpha value is -4.07. The lowest BCUT2D eigenvalue weighted by molar-refractivity contribution is 0.122. The van der Waals surface area contributed by atoms with Crippen molar-refractivity contribution >= 4 is 49.7 Å². The molecule has 2 fully saturated rings. The number of morpholine rings is 1. The number of hydrogen-bond donors (Lipinski definition) is 1. The molecule has 0 spiro atoms. The highest BCUT2D eigenvalue weighted by atomic mass is 32.2. The molecule has 6 rings (SSSR count). The molecular weight excluding hydrogens is 550 g/mol. The first kappa shape index (κ1) is 26.2. The molecule has 0 bridgehead atoms. The number of carbonyl (C=O) groups is 1. The summed E-state index contributed by atoms with van der Waals surface area (Å²) in [6.07, 6.45) is 2.78. The number of hydrogen-bond acceptors (Lipinski definition) is 10. The highest BCUT2D eigenvalue weighted by Crippen LogP contribution is 2.41. The van der Waals surface area contributed by atoms with Crippen LogP contribution in [0.4, 0.5) is 27.2 Å². The molecule has 2 aliphatic rings. The molecule has 4 heterocycles. The fraction of sp³-hybridized carbons (Fsp3) is 0.259. The van der Waals surface area contributed by atoms with Gasteiger partial charge < -0.3 is 15.4 Å². The molecule has 4 aromatic rings. The van der Waals surface area contributed by atoms with Gasteiger partial charge in [0.05, 0.1) is 28.7 Å². The SMILES string of the molecule is CS(=O)(=O)c1ccc(N2CCN(c3cccc(-c4sc(N5CCOCC5)nc4-c4ccnc(N)n4)c3)C2=O)cc1. The normalized spacial score (nSPS) is 16.1. The van der Waals surface area contributed by atoms with Crippen molar-refractivity contribution in [1.82, 2.24) is 15.0 Å². The largest absolute Gasteiger partial charge is 0.378 e. The van der Waals surface area contributed by atoms with Gasteiger partial charge >= 0.3 is 6.03 Å².